The lowest BCUT2D eigenvalue weighted by molar-refractivity contribution is -0.144. The van der Waals surface area contributed by atoms with E-state index >= 15 is 0 Å². The molecule has 9 nitrogen and oxygen atoms in total. The van der Waals surface area contributed by atoms with Crippen LogP contribution in [0.3, 0.4) is 0 Å². The number of imide groups is 2. The predicted molar refractivity (Wildman–Crippen MR) is 108 cm³/mol. The van der Waals surface area contributed by atoms with Crippen molar-refractivity contribution in [3.63, 3.8) is 0 Å². The molecule has 0 aromatic heterocycles. The average Bonchev–Trinajstić information content (AvgIpc) is 2.98. The first-order valence-electron chi connectivity index (χ1n) is 10.6. The van der Waals surface area contributed by atoms with Gasteiger partial charge in [0.05, 0.1) is 24.3 Å². The van der Waals surface area contributed by atoms with Gasteiger partial charge in [0.25, 0.3) is 11.8 Å². The van der Waals surface area contributed by atoms with Crippen LogP contribution < -0.4 is 10.1 Å². The van der Waals surface area contributed by atoms with Gasteiger partial charge in [0.2, 0.25) is 11.8 Å². The number of piperidine rings is 1. The Balaban J connectivity index is 1.52. The van der Waals surface area contributed by atoms with E-state index < -0.39 is 29.7 Å². The molecule has 1 aromatic rings. The number of fused-ring (bicyclic) bond motifs is 1. The van der Waals surface area contributed by atoms with Crippen LogP contribution in [0.4, 0.5) is 0 Å². The van der Waals surface area contributed by atoms with Gasteiger partial charge < -0.3 is 9.47 Å². The fourth-order valence-corrected chi connectivity index (χ4v) is 3.50. The quantitative estimate of drug-likeness (QED) is 0.342. The molecule has 3 rings (SSSR count). The van der Waals surface area contributed by atoms with E-state index in [4.69, 9.17) is 9.47 Å². The van der Waals surface area contributed by atoms with Crippen LogP contribution >= 0.6 is 0 Å². The van der Waals surface area contributed by atoms with Crippen molar-refractivity contribution in [1.82, 2.24) is 10.2 Å². The van der Waals surface area contributed by atoms with Crippen LogP contribution in [-0.2, 0) is 19.1 Å². The maximum Gasteiger partial charge on any atom is 0.305 e. The van der Waals surface area contributed by atoms with E-state index in [1.807, 2.05) is 6.92 Å². The number of unbranched alkanes of at least 4 members (excludes halogenated alkanes) is 2. The van der Waals surface area contributed by atoms with Gasteiger partial charge in [0.15, 0.2) is 0 Å². The SMILES string of the molecule is CCCCOC(=O)CCCCOc1ccc2c(c1)C(=O)N(C1CCC(=O)NC1=O)C2=O. The number of hydrogen-bond acceptors (Lipinski definition) is 7. The second-order valence-electron chi connectivity index (χ2n) is 7.53. The Hall–Kier alpha value is -3.23. The molecular formula is C22H26N2O7. The lowest BCUT2D eigenvalue weighted by atomic mass is 10.0. The normalized spacial score (nSPS) is 18.1. The number of nitrogens with one attached hydrogen (secondary N) is 1. The molecule has 0 radical (unpaired) electrons. The zero-order chi connectivity index (χ0) is 22.4. The molecule has 166 valence electrons. The Labute approximate surface area is 180 Å². The summed E-state index contributed by atoms with van der Waals surface area (Å²) in [4.78, 5) is 61.3. The summed E-state index contributed by atoms with van der Waals surface area (Å²) in [6, 6.07) is 3.59. The minimum atomic E-state index is -0.994. The van der Waals surface area contributed by atoms with E-state index in [0.29, 0.717) is 38.2 Å². The van der Waals surface area contributed by atoms with Gasteiger partial charge in [-0.05, 0) is 43.9 Å². The molecule has 9 heteroatoms. The molecule has 4 amide bonds. The van der Waals surface area contributed by atoms with Crippen LogP contribution in [0.1, 0.15) is 72.6 Å². The van der Waals surface area contributed by atoms with Crippen molar-refractivity contribution in [2.75, 3.05) is 13.2 Å². The van der Waals surface area contributed by atoms with E-state index in [1.54, 1.807) is 6.07 Å². The maximum atomic E-state index is 12.8. The first-order chi connectivity index (χ1) is 14.9. The number of amides is 4. The highest BCUT2D eigenvalue weighted by molar-refractivity contribution is 6.23. The third kappa shape index (κ3) is 5.28. The van der Waals surface area contributed by atoms with Crippen molar-refractivity contribution >= 4 is 29.6 Å². The predicted octanol–water partition coefficient (Wildman–Crippen LogP) is 1.98. The van der Waals surface area contributed by atoms with Crippen molar-refractivity contribution in [3.8, 4) is 5.75 Å². The molecule has 2 aliphatic rings. The van der Waals surface area contributed by atoms with Gasteiger partial charge in [-0.25, -0.2) is 0 Å². The molecule has 2 aliphatic heterocycles. The number of rotatable bonds is 10. The Morgan fingerprint density at radius 3 is 2.58 bits per heavy atom. The van der Waals surface area contributed by atoms with Gasteiger partial charge in [-0.1, -0.05) is 13.3 Å². The molecule has 1 fully saturated rings. The van der Waals surface area contributed by atoms with Gasteiger partial charge >= 0.3 is 5.97 Å². The fourth-order valence-electron chi connectivity index (χ4n) is 3.50. The summed E-state index contributed by atoms with van der Waals surface area (Å²) in [5.41, 5.74) is 0.378. The number of hydrogen-bond donors (Lipinski definition) is 1. The number of nitrogens with zero attached hydrogens (tertiary/aromatic N) is 1. The molecule has 2 heterocycles. The van der Waals surface area contributed by atoms with Crippen molar-refractivity contribution in [1.29, 1.82) is 0 Å². The molecule has 0 bridgehead atoms. The van der Waals surface area contributed by atoms with Gasteiger partial charge in [-0.2, -0.15) is 0 Å². The summed E-state index contributed by atoms with van der Waals surface area (Å²) in [6.07, 6.45) is 3.60. The van der Waals surface area contributed by atoms with E-state index in [9.17, 15) is 24.0 Å². The molecule has 1 aromatic carbocycles. The molecule has 0 saturated carbocycles. The molecule has 1 unspecified atom stereocenters. The summed E-state index contributed by atoms with van der Waals surface area (Å²) < 4.78 is 10.7. The highest BCUT2D eigenvalue weighted by Gasteiger charge is 2.44. The van der Waals surface area contributed by atoms with E-state index in [1.165, 1.54) is 12.1 Å². The molecule has 31 heavy (non-hydrogen) atoms. The molecule has 0 spiro atoms. The number of carbonyl (C=O) groups is 5. The zero-order valence-electron chi connectivity index (χ0n) is 17.5. The van der Waals surface area contributed by atoms with E-state index in [2.05, 4.69) is 5.32 Å². The Morgan fingerprint density at radius 2 is 1.84 bits per heavy atom. The van der Waals surface area contributed by atoms with E-state index in [0.717, 1.165) is 17.7 Å². The fraction of sp³-hybridized carbons (Fsp3) is 0.500. The zero-order valence-corrected chi connectivity index (χ0v) is 17.5. The van der Waals surface area contributed by atoms with Gasteiger partial charge in [0, 0.05) is 12.8 Å². The Bertz CT molecular complexity index is 896. The average molecular weight is 430 g/mol. The smallest absolute Gasteiger partial charge is 0.305 e. The lowest BCUT2D eigenvalue weighted by Crippen LogP contribution is -2.54. The van der Waals surface area contributed by atoms with Crippen LogP contribution in [0.25, 0.3) is 0 Å². The summed E-state index contributed by atoms with van der Waals surface area (Å²) in [6.45, 7) is 2.82. The van der Waals surface area contributed by atoms with Crippen molar-refractivity contribution in [2.45, 2.75) is 57.9 Å². The largest absolute Gasteiger partial charge is 0.494 e. The number of carbonyl (C=O) groups excluding carboxylic acids is 5. The standard InChI is InChI=1S/C22H26N2O7/c1-2-3-11-31-19(26)6-4-5-12-30-14-7-8-15-16(13-14)22(29)24(21(15)28)17-9-10-18(25)23-20(17)27/h7-8,13,17H,2-6,9-12H2,1H3,(H,23,25,27). The number of benzene rings is 1. The van der Waals surface area contributed by atoms with E-state index in [-0.39, 0.29) is 29.9 Å². The molecule has 1 atom stereocenters. The lowest BCUT2D eigenvalue weighted by Gasteiger charge is -2.27. The molecule has 1 N–H and O–H groups in total. The van der Waals surface area contributed by atoms with Crippen LogP contribution in [0.5, 0.6) is 5.75 Å². The number of ether oxygens (including phenoxy) is 2. The summed E-state index contributed by atoms with van der Waals surface area (Å²) in [5.74, 6) is -1.98. The first-order valence-corrected chi connectivity index (χ1v) is 10.6. The minimum absolute atomic E-state index is 0.0737. The maximum absolute atomic E-state index is 12.8. The molecule has 0 aliphatic carbocycles. The second kappa shape index (κ2) is 10.2. The summed E-state index contributed by atoms with van der Waals surface area (Å²) in [7, 11) is 0. The highest BCUT2D eigenvalue weighted by atomic mass is 16.5. The third-order valence-corrected chi connectivity index (χ3v) is 5.22. The summed E-state index contributed by atoms with van der Waals surface area (Å²) in [5, 5.41) is 2.17. The first kappa shape index (κ1) is 22.5. The molecular weight excluding hydrogens is 404 g/mol. The van der Waals surface area contributed by atoms with Crippen LogP contribution in [-0.4, -0.2) is 53.8 Å². The second-order valence-corrected chi connectivity index (χ2v) is 7.53. The van der Waals surface area contributed by atoms with Crippen molar-refractivity contribution < 1.29 is 33.4 Å². The highest BCUT2D eigenvalue weighted by Crippen LogP contribution is 2.30. The Morgan fingerprint density at radius 1 is 1.06 bits per heavy atom. The van der Waals surface area contributed by atoms with Gasteiger partial charge in [0.1, 0.15) is 11.8 Å². The number of esters is 1. The Kier molecular flexibility index (Phi) is 7.38. The van der Waals surface area contributed by atoms with Crippen LogP contribution in [0.2, 0.25) is 0 Å². The van der Waals surface area contributed by atoms with Crippen LogP contribution in [0.15, 0.2) is 18.2 Å². The monoisotopic (exact) mass is 430 g/mol. The van der Waals surface area contributed by atoms with Gasteiger partial charge in [-0.3, -0.25) is 34.2 Å². The van der Waals surface area contributed by atoms with Gasteiger partial charge in [-0.15, -0.1) is 0 Å². The molecule has 1 saturated heterocycles. The van der Waals surface area contributed by atoms with Crippen molar-refractivity contribution in [2.24, 2.45) is 0 Å². The topological polar surface area (TPSA) is 119 Å². The third-order valence-electron chi connectivity index (χ3n) is 5.22. The minimum Gasteiger partial charge on any atom is -0.494 e. The van der Waals surface area contributed by atoms with Crippen molar-refractivity contribution in [3.05, 3.63) is 29.3 Å². The summed E-state index contributed by atoms with van der Waals surface area (Å²) >= 11 is 0. The van der Waals surface area contributed by atoms with Crippen LogP contribution in [0, 0.1) is 0 Å².